The van der Waals surface area contributed by atoms with E-state index in [-0.39, 0.29) is 17.2 Å². The molecule has 1 fully saturated rings. The van der Waals surface area contributed by atoms with Crippen molar-refractivity contribution in [2.75, 3.05) is 11.9 Å². The molecule has 142 valence electrons. The van der Waals surface area contributed by atoms with E-state index in [0.29, 0.717) is 24.1 Å². The maximum absolute atomic E-state index is 13.1. The molecule has 1 heterocycles. The Morgan fingerprint density at radius 2 is 1.70 bits per heavy atom. The zero-order valence-corrected chi connectivity index (χ0v) is 15.5. The van der Waals surface area contributed by atoms with E-state index in [1.165, 1.54) is 19.1 Å². The highest BCUT2D eigenvalue weighted by Gasteiger charge is 2.39. The molecule has 0 bridgehead atoms. The van der Waals surface area contributed by atoms with Crippen molar-refractivity contribution < 1.29 is 22.4 Å². The van der Waals surface area contributed by atoms with Crippen LogP contribution in [0.15, 0.2) is 53.4 Å². The summed E-state index contributed by atoms with van der Waals surface area (Å²) >= 11 is 0. The number of benzene rings is 2. The summed E-state index contributed by atoms with van der Waals surface area (Å²) in [6, 6.07) is 10.1. The molecule has 1 aliphatic heterocycles. The number of amides is 1. The number of carbonyl (C=O) groups is 2. The Kier molecular flexibility index (Phi) is 5.38. The Morgan fingerprint density at radius 3 is 2.30 bits per heavy atom. The number of ketones is 1. The molecule has 2 aromatic rings. The van der Waals surface area contributed by atoms with E-state index in [9.17, 15) is 22.4 Å². The second-order valence-corrected chi connectivity index (χ2v) is 8.24. The lowest BCUT2D eigenvalue weighted by Crippen LogP contribution is -2.43. The third-order valence-corrected chi connectivity index (χ3v) is 6.41. The largest absolute Gasteiger partial charge is 0.325 e. The average molecular weight is 390 g/mol. The number of Topliss-reactive ketones (excluding diaryl/α,β-unsaturated/α-hetero) is 1. The van der Waals surface area contributed by atoms with E-state index >= 15 is 0 Å². The van der Waals surface area contributed by atoms with Gasteiger partial charge >= 0.3 is 0 Å². The molecule has 1 atom stereocenters. The number of hydrogen-bond donors (Lipinski definition) is 1. The summed E-state index contributed by atoms with van der Waals surface area (Å²) in [6.07, 6.45) is 0.958. The number of carbonyl (C=O) groups excluding carboxylic acids is 2. The van der Waals surface area contributed by atoms with E-state index in [1.807, 2.05) is 0 Å². The van der Waals surface area contributed by atoms with Crippen LogP contribution in [0.4, 0.5) is 10.1 Å². The molecule has 2 aromatic carbocycles. The van der Waals surface area contributed by atoms with Gasteiger partial charge in [0.05, 0.1) is 4.90 Å². The summed E-state index contributed by atoms with van der Waals surface area (Å²) in [7, 11) is -3.90. The fourth-order valence-electron chi connectivity index (χ4n) is 3.05. The lowest BCUT2D eigenvalue weighted by atomic mass is 10.1. The third-order valence-electron chi connectivity index (χ3n) is 4.49. The van der Waals surface area contributed by atoms with Crippen LogP contribution in [-0.4, -0.2) is 37.0 Å². The molecule has 8 heteroatoms. The first-order chi connectivity index (χ1) is 12.8. The van der Waals surface area contributed by atoms with E-state index in [4.69, 9.17) is 0 Å². The second-order valence-electron chi connectivity index (χ2n) is 6.35. The fourth-order valence-corrected chi connectivity index (χ4v) is 4.70. The van der Waals surface area contributed by atoms with Gasteiger partial charge in [0.1, 0.15) is 11.9 Å². The monoisotopic (exact) mass is 390 g/mol. The van der Waals surface area contributed by atoms with Crippen molar-refractivity contribution in [3.05, 3.63) is 59.9 Å². The third kappa shape index (κ3) is 4.06. The van der Waals surface area contributed by atoms with Crippen LogP contribution < -0.4 is 5.32 Å². The lowest BCUT2D eigenvalue weighted by Gasteiger charge is -2.23. The number of anilines is 1. The Balaban J connectivity index is 1.78. The van der Waals surface area contributed by atoms with Crippen molar-refractivity contribution >= 4 is 27.4 Å². The van der Waals surface area contributed by atoms with Gasteiger partial charge in [-0.3, -0.25) is 9.59 Å². The molecule has 0 saturated carbocycles. The van der Waals surface area contributed by atoms with Gasteiger partial charge in [-0.25, -0.2) is 12.8 Å². The summed E-state index contributed by atoms with van der Waals surface area (Å²) in [5, 5.41) is 2.70. The quantitative estimate of drug-likeness (QED) is 0.796. The van der Waals surface area contributed by atoms with Gasteiger partial charge in [0.25, 0.3) is 0 Å². The average Bonchev–Trinajstić information content (AvgIpc) is 3.13. The maximum Gasteiger partial charge on any atom is 0.243 e. The van der Waals surface area contributed by atoms with E-state index < -0.39 is 27.8 Å². The summed E-state index contributed by atoms with van der Waals surface area (Å²) in [6.45, 7) is 1.67. The van der Waals surface area contributed by atoms with Gasteiger partial charge < -0.3 is 5.32 Å². The van der Waals surface area contributed by atoms with Crippen molar-refractivity contribution in [2.45, 2.75) is 30.7 Å². The molecule has 1 N–H and O–H groups in total. The summed E-state index contributed by atoms with van der Waals surface area (Å²) in [4.78, 5) is 23.9. The van der Waals surface area contributed by atoms with Crippen LogP contribution in [0.5, 0.6) is 0 Å². The van der Waals surface area contributed by atoms with Gasteiger partial charge in [0.15, 0.2) is 5.78 Å². The van der Waals surface area contributed by atoms with Crippen LogP contribution in [-0.2, 0) is 14.8 Å². The number of rotatable bonds is 5. The van der Waals surface area contributed by atoms with Crippen molar-refractivity contribution in [3.8, 4) is 0 Å². The van der Waals surface area contributed by atoms with Gasteiger partial charge in [-0.05, 0) is 68.3 Å². The molecule has 0 radical (unpaired) electrons. The Bertz CT molecular complexity index is 956. The molecular formula is C19H19FN2O4S. The number of sulfonamides is 1. The van der Waals surface area contributed by atoms with E-state index in [2.05, 4.69) is 5.32 Å². The first-order valence-corrected chi connectivity index (χ1v) is 9.92. The number of nitrogens with one attached hydrogen (secondary N) is 1. The van der Waals surface area contributed by atoms with Crippen LogP contribution in [0.3, 0.4) is 0 Å². The molecule has 0 unspecified atom stereocenters. The topological polar surface area (TPSA) is 83.6 Å². The number of hydrogen-bond acceptors (Lipinski definition) is 4. The van der Waals surface area contributed by atoms with Crippen LogP contribution in [0, 0.1) is 5.82 Å². The van der Waals surface area contributed by atoms with Gasteiger partial charge in [0.2, 0.25) is 15.9 Å². The van der Waals surface area contributed by atoms with Gasteiger partial charge in [-0.2, -0.15) is 4.31 Å². The first-order valence-electron chi connectivity index (χ1n) is 8.48. The summed E-state index contributed by atoms with van der Waals surface area (Å²) < 4.78 is 39.9. The summed E-state index contributed by atoms with van der Waals surface area (Å²) in [5.41, 5.74) is 1.01. The molecule has 0 aromatic heterocycles. The fraction of sp³-hybridized carbons (Fsp3) is 0.263. The zero-order valence-electron chi connectivity index (χ0n) is 14.7. The van der Waals surface area contributed by atoms with Gasteiger partial charge in [-0.15, -0.1) is 0 Å². The van der Waals surface area contributed by atoms with Crippen molar-refractivity contribution in [2.24, 2.45) is 0 Å². The second kappa shape index (κ2) is 7.58. The molecule has 0 spiro atoms. The van der Waals surface area contributed by atoms with Crippen LogP contribution in [0.1, 0.15) is 30.1 Å². The number of halogens is 1. The normalized spacial score (nSPS) is 17.6. The molecular weight excluding hydrogens is 371 g/mol. The van der Waals surface area contributed by atoms with Crippen molar-refractivity contribution in [1.82, 2.24) is 4.31 Å². The molecule has 0 aliphatic carbocycles. The predicted octanol–water partition coefficient (Wildman–Crippen LogP) is 2.82. The molecule has 3 rings (SSSR count). The Morgan fingerprint density at radius 1 is 1.07 bits per heavy atom. The van der Waals surface area contributed by atoms with Crippen molar-refractivity contribution in [3.63, 3.8) is 0 Å². The standard InChI is InChI=1S/C19H19FN2O4S/c1-13(23)14-4-8-16(9-5-14)21-19(24)18-3-2-12-22(18)27(25,26)17-10-6-15(20)7-11-17/h4-11,18H,2-3,12H2,1H3,(H,21,24)/t18-/m1/s1. The van der Waals surface area contributed by atoms with Crippen molar-refractivity contribution in [1.29, 1.82) is 0 Å². The molecule has 1 aliphatic rings. The smallest absolute Gasteiger partial charge is 0.243 e. The maximum atomic E-state index is 13.1. The molecule has 6 nitrogen and oxygen atoms in total. The van der Waals surface area contributed by atoms with Gasteiger partial charge in [-0.1, -0.05) is 0 Å². The van der Waals surface area contributed by atoms with Gasteiger partial charge in [0, 0.05) is 17.8 Å². The highest BCUT2D eigenvalue weighted by atomic mass is 32.2. The predicted molar refractivity (Wildman–Crippen MR) is 98.4 cm³/mol. The first kappa shape index (κ1) is 19.2. The van der Waals surface area contributed by atoms with E-state index in [0.717, 1.165) is 16.4 Å². The Hall–Kier alpha value is -2.58. The minimum atomic E-state index is -3.90. The van der Waals surface area contributed by atoms with E-state index in [1.54, 1.807) is 24.3 Å². The minimum absolute atomic E-state index is 0.0468. The molecule has 27 heavy (non-hydrogen) atoms. The molecule has 1 amide bonds. The van der Waals surface area contributed by atoms with Crippen LogP contribution >= 0.6 is 0 Å². The summed E-state index contributed by atoms with van der Waals surface area (Å²) in [5.74, 6) is -1.05. The number of nitrogens with zero attached hydrogens (tertiary/aromatic N) is 1. The lowest BCUT2D eigenvalue weighted by molar-refractivity contribution is -0.119. The molecule has 1 saturated heterocycles. The van der Waals surface area contributed by atoms with Crippen LogP contribution in [0.25, 0.3) is 0 Å². The highest BCUT2D eigenvalue weighted by Crippen LogP contribution is 2.27. The Labute approximate surface area is 157 Å². The van der Waals surface area contributed by atoms with Crippen LogP contribution in [0.2, 0.25) is 0 Å². The minimum Gasteiger partial charge on any atom is -0.325 e. The zero-order chi connectivity index (χ0) is 19.6. The SMILES string of the molecule is CC(=O)c1ccc(NC(=O)[C@H]2CCCN2S(=O)(=O)c2ccc(F)cc2)cc1. The highest BCUT2D eigenvalue weighted by molar-refractivity contribution is 7.89.